The largest absolute Gasteiger partial charge is 2.00 e. The molecule has 1 aromatic rings. The van der Waals surface area contributed by atoms with Crippen molar-refractivity contribution in [1.82, 2.24) is 0 Å². The molecule has 0 aliphatic heterocycles. The van der Waals surface area contributed by atoms with Gasteiger partial charge in [0.05, 0.1) is 0 Å². The molecule has 0 aromatic heterocycles. The van der Waals surface area contributed by atoms with Crippen LogP contribution >= 0.6 is 0 Å². The minimum atomic E-state index is 0. The number of carbonyl (C=O) groups excluding carboxylic acids is 1. The van der Waals surface area contributed by atoms with Crippen LogP contribution in [0.1, 0.15) is 10.4 Å². The van der Waals surface area contributed by atoms with E-state index in [1.807, 2.05) is 94.2 Å². The fraction of sp³-hybridized carbons (Fsp3) is 0. The molecule has 0 N–H and O–H groups in total. The zero-order chi connectivity index (χ0) is 14.0. The number of hydrogen-bond donors (Lipinski definition) is 0. The summed E-state index contributed by atoms with van der Waals surface area (Å²) in [6.45, 7) is 0. The van der Waals surface area contributed by atoms with Crippen LogP contribution in [0.25, 0.3) is 0 Å². The predicted molar refractivity (Wildman–Crippen MR) is 81.9 cm³/mol. The van der Waals surface area contributed by atoms with E-state index in [1.165, 1.54) is 0 Å². The van der Waals surface area contributed by atoms with Gasteiger partial charge in [-0.25, -0.2) is 0 Å². The molecule has 0 amide bonds. The molecule has 21 heavy (non-hydrogen) atoms. The van der Waals surface area contributed by atoms with Crippen LogP contribution in [0.5, 0.6) is 0 Å². The minimum absolute atomic E-state index is 0. The van der Waals surface area contributed by atoms with Crippen molar-refractivity contribution in [2.75, 3.05) is 0 Å². The van der Waals surface area contributed by atoms with E-state index in [2.05, 4.69) is 0 Å². The van der Waals surface area contributed by atoms with Crippen LogP contribution in [0.2, 0.25) is 0 Å². The predicted octanol–water partition coefficient (Wildman–Crippen LogP) is 3.85. The van der Waals surface area contributed by atoms with E-state index in [4.69, 9.17) is 0 Å². The van der Waals surface area contributed by atoms with Gasteiger partial charge in [0.25, 0.3) is 0 Å². The SMILES string of the molecule is O=C(/C=C/[C]1[CH][CH][CH][CH]1)c1ccccc1.[CH]1[CH][CH][CH][CH]1.[Fe+2]. The summed E-state index contributed by atoms with van der Waals surface area (Å²) in [5, 5.41) is 0. The summed E-state index contributed by atoms with van der Waals surface area (Å²) in [5.74, 6) is 1.09. The fourth-order valence-electron chi connectivity index (χ4n) is 1.69. The molecule has 0 spiro atoms. The monoisotopic (exact) mass is 316 g/mol. The maximum Gasteiger partial charge on any atom is 2.00 e. The molecule has 0 atom stereocenters. The van der Waals surface area contributed by atoms with Crippen LogP contribution in [0.15, 0.2) is 42.5 Å². The van der Waals surface area contributed by atoms with Crippen molar-refractivity contribution in [2.45, 2.75) is 0 Å². The van der Waals surface area contributed by atoms with Gasteiger partial charge in [0.15, 0.2) is 5.78 Å². The van der Waals surface area contributed by atoms with Crippen LogP contribution in [-0.2, 0) is 17.1 Å². The van der Waals surface area contributed by atoms with Crippen molar-refractivity contribution in [3.05, 3.63) is 112 Å². The molecule has 104 valence electrons. The molecule has 2 fully saturated rings. The number of carbonyl (C=O) groups is 1. The van der Waals surface area contributed by atoms with E-state index in [9.17, 15) is 4.79 Å². The van der Waals surface area contributed by atoms with Crippen molar-refractivity contribution in [3.8, 4) is 0 Å². The van der Waals surface area contributed by atoms with Crippen molar-refractivity contribution in [3.63, 3.8) is 0 Å². The fourth-order valence-corrected chi connectivity index (χ4v) is 1.69. The Balaban J connectivity index is 0.000000313. The first-order chi connectivity index (χ1) is 9.86. The Morgan fingerprint density at radius 2 is 1.29 bits per heavy atom. The Morgan fingerprint density at radius 1 is 0.762 bits per heavy atom. The van der Waals surface area contributed by atoms with Gasteiger partial charge in [-0.1, -0.05) is 36.4 Å². The van der Waals surface area contributed by atoms with Gasteiger partial charge in [-0.3, -0.25) is 4.79 Å². The van der Waals surface area contributed by atoms with Gasteiger partial charge in [0, 0.05) is 11.5 Å². The summed E-state index contributed by atoms with van der Waals surface area (Å²) < 4.78 is 0. The van der Waals surface area contributed by atoms with Crippen LogP contribution in [0.4, 0.5) is 0 Å². The van der Waals surface area contributed by atoms with Gasteiger partial charge in [-0.05, 0) is 63.9 Å². The first-order valence-electron chi connectivity index (χ1n) is 6.52. The molecule has 0 heterocycles. The molecule has 3 rings (SSSR count). The van der Waals surface area contributed by atoms with Gasteiger partial charge in [0.1, 0.15) is 0 Å². The molecule has 0 bridgehead atoms. The van der Waals surface area contributed by atoms with E-state index in [0.717, 1.165) is 11.5 Å². The molecule has 2 aliphatic rings. The van der Waals surface area contributed by atoms with Crippen LogP contribution in [0.3, 0.4) is 0 Å². The van der Waals surface area contributed by atoms with E-state index in [0.29, 0.717) is 0 Å². The molecular formula is C19H16FeO+2. The van der Waals surface area contributed by atoms with E-state index < -0.39 is 0 Å². The van der Waals surface area contributed by atoms with E-state index >= 15 is 0 Å². The molecule has 0 unspecified atom stereocenters. The van der Waals surface area contributed by atoms with Crippen LogP contribution < -0.4 is 0 Å². The van der Waals surface area contributed by atoms with Crippen molar-refractivity contribution >= 4 is 5.78 Å². The zero-order valence-electron chi connectivity index (χ0n) is 11.5. The molecule has 2 heteroatoms. The standard InChI is InChI=1S/C14H11O.C5H5.Fe/c15-14(13-8-2-1-3-9-13)11-10-12-6-4-5-7-12;1-2-4-5-3-1;/h1-11H;1-5H;/q;;+2/b11-10+;;. The molecule has 0 saturated heterocycles. The van der Waals surface area contributed by atoms with Crippen LogP contribution in [-0.4, -0.2) is 5.78 Å². The molecule has 2 aliphatic carbocycles. The summed E-state index contributed by atoms with van der Waals surface area (Å²) in [6, 6.07) is 9.26. The van der Waals surface area contributed by atoms with Gasteiger partial charge < -0.3 is 0 Å². The third kappa shape index (κ3) is 7.11. The minimum Gasteiger partial charge on any atom is -0.289 e. The maximum absolute atomic E-state index is 11.7. The van der Waals surface area contributed by atoms with Gasteiger partial charge in [0.2, 0.25) is 0 Å². The summed E-state index contributed by atoms with van der Waals surface area (Å²) in [4.78, 5) is 11.7. The summed E-state index contributed by atoms with van der Waals surface area (Å²) >= 11 is 0. The quantitative estimate of drug-likeness (QED) is 0.470. The Labute approximate surface area is 139 Å². The van der Waals surface area contributed by atoms with Crippen molar-refractivity contribution < 1.29 is 21.9 Å². The molecule has 1 aromatic carbocycles. The molecule has 10 radical (unpaired) electrons. The molecule has 1 nitrogen and oxygen atoms in total. The average molecular weight is 316 g/mol. The number of ketones is 1. The van der Waals surface area contributed by atoms with Gasteiger partial charge in [-0.15, -0.1) is 0 Å². The number of benzene rings is 1. The Bertz CT molecular complexity index is 407. The number of rotatable bonds is 3. The first-order valence-corrected chi connectivity index (χ1v) is 6.52. The Kier molecular flexibility index (Phi) is 9.37. The second-order valence-electron chi connectivity index (χ2n) is 4.24. The van der Waals surface area contributed by atoms with Gasteiger partial charge >= 0.3 is 17.1 Å². The number of hydrogen-bond acceptors (Lipinski definition) is 1. The van der Waals surface area contributed by atoms with Crippen molar-refractivity contribution in [2.24, 2.45) is 0 Å². The summed E-state index contributed by atoms with van der Waals surface area (Å²) in [5.41, 5.74) is 0.723. The second kappa shape index (κ2) is 10.8. The van der Waals surface area contributed by atoms with E-state index in [1.54, 1.807) is 6.08 Å². The smallest absolute Gasteiger partial charge is 0.289 e. The third-order valence-electron chi connectivity index (χ3n) is 2.73. The average Bonchev–Trinajstić information content (AvgIpc) is 3.21. The Morgan fingerprint density at radius 3 is 1.81 bits per heavy atom. The molecular weight excluding hydrogens is 300 g/mol. The number of allylic oxidation sites excluding steroid dienone is 2. The molecule has 2 saturated carbocycles. The van der Waals surface area contributed by atoms with E-state index in [-0.39, 0.29) is 22.9 Å². The second-order valence-corrected chi connectivity index (χ2v) is 4.24. The normalized spacial score (nSPS) is 18.1. The zero-order valence-corrected chi connectivity index (χ0v) is 12.6. The van der Waals surface area contributed by atoms with Crippen LogP contribution in [0, 0.1) is 63.7 Å². The topological polar surface area (TPSA) is 17.1 Å². The first kappa shape index (κ1) is 18.2. The Hall–Kier alpha value is -0.851. The third-order valence-corrected chi connectivity index (χ3v) is 2.73. The maximum atomic E-state index is 11.7. The van der Waals surface area contributed by atoms with Gasteiger partial charge in [-0.2, -0.15) is 0 Å². The summed E-state index contributed by atoms with van der Waals surface area (Å²) in [6.07, 6.45) is 21.3. The summed E-state index contributed by atoms with van der Waals surface area (Å²) in [7, 11) is 0. The van der Waals surface area contributed by atoms with Crippen molar-refractivity contribution in [1.29, 1.82) is 0 Å².